The summed E-state index contributed by atoms with van der Waals surface area (Å²) in [5.74, 6) is 0.148. The Morgan fingerprint density at radius 1 is 1.04 bits per heavy atom. The highest BCUT2D eigenvalue weighted by atomic mass is 35.5. The Labute approximate surface area is 137 Å². The number of nitrogens with one attached hydrogen (secondary N) is 1. The highest BCUT2D eigenvalue weighted by Crippen LogP contribution is 2.38. The molecule has 1 N–H and O–H groups in total. The smallest absolute Gasteiger partial charge is 0.255 e. The van der Waals surface area contributed by atoms with Crippen LogP contribution in [0.4, 0.5) is 10.1 Å². The molecule has 0 fully saturated rings. The maximum atomic E-state index is 13.0. The van der Waals surface area contributed by atoms with Gasteiger partial charge in [0.25, 0.3) is 5.91 Å². The molecule has 2 aromatic rings. The minimum absolute atomic E-state index is 0.103. The van der Waals surface area contributed by atoms with E-state index in [-0.39, 0.29) is 10.6 Å². The first-order chi connectivity index (χ1) is 11.0. The first kappa shape index (κ1) is 16.9. The molecule has 0 saturated carbocycles. The third-order valence-corrected chi connectivity index (χ3v) is 3.42. The van der Waals surface area contributed by atoms with E-state index in [1.54, 1.807) is 0 Å². The van der Waals surface area contributed by atoms with Crippen LogP contribution in [0, 0.1) is 5.82 Å². The number of carbonyl (C=O) groups is 1. The summed E-state index contributed by atoms with van der Waals surface area (Å²) in [4.78, 5) is 12.4. The van der Waals surface area contributed by atoms with Crippen molar-refractivity contribution in [2.24, 2.45) is 0 Å². The number of rotatable bonds is 5. The molecular formula is C16H15ClFNO4. The molecule has 23 heavy (non-hydrogen) atoms. The average molecular weight is 340 g/mol. The van der Waals surface area contributed by atoms with E-state index in [1.807, 2.05) is 0 Å². The van der Waals surface area contributed by atoms with Gasteiger partial charge in [-0.05, 0) is 30.3 Å². The van der Waals surface area contributed by atoms with Crippen LogP contribution < -0.4 is 19.5 Å². The zero-order valence-corrected chi connectivity index (χ0v) is 13.5. The number of halogens is 2. The molecule has 0 atom stereocenters. The van der Waals surface area contributed by atoms with Crippen LogP contribution in [-0.2, 0) is 0 Å². The van der Waals surface area contributed by atoms with E-state index in [9.17, 15) is 9.18 Å². The number of methoxy groups -OCH3 is 3. The summed E-state index contributed by atoms with van der Waals surface area (Å²) >= 11 is 5.90. The number of carbonyl (C=O) groups excluding carboxylic acids is 1. The lowest BCUT2D eigenvalue weighted by atomic mass is 10.1. The molecule has 0 saturated heterocycles. The Kier molecular flexibility index (Phi) is 5.28. The largest absolute Gasteiger partial charge is 0.493 e. The standard InChI is InChI=1S/C16H15ClFNO4/c1-21-13-6-9(7-14(22-2)15(13)23-3)16(20)19-12-5-4-10(18)8-11(12)17/h4-8H,1-3H3,(H,19,20). The highest BCUT2D eigenvalue weighted by Gasteiger charge is 2.17. The van der Waals surface area contributed by atoms with E-state index in [0.29, 0.717) is 22.9 Å². The summed E-state index contributed by atoms with van der Waals surface area (Å²) in [6, 6.07) is 6.72. The zero-order valence-electron chi connectivity index (χ0n) is 12.8. The quantitative estimate of drug-likeness (QED) is 0.901. The molecule has 5 nitrogen and oxygen atoms in total. The van der Waals surface area contributed by atoms with E-state index < -0.39 is 11.7 Å². The Bertz CT molecular complexity index is 711. The molecule has 0 heterocycles. The summed E-state index contributed by atoms with van der Waals surface area (Å²) < 4.78 is 28.6. The Hall–Kier alpha value is -2.47. The first-order valence-electron chi connectivity index (χ1n) is 6.56. The van der Waals surface area contributed by atoms with Gasteiger partial charge in [0.15, 0.2) is 11.5 Å². The molecule has 0 aliphatic rings. The van der Waals surface area contributed by atoms with Gasteiger partial charge in [0, 0.05) is 5.56 Å². The second kappa shape index (κ2) is 7.19. The summed E-state index contributed by atoms with van der Waals surface area (Å²) in [6.07, 6.45) is 0. The van der Waals surface area contributed by atoms with Gasteiger partial charge in [-0.25, -0.2) is 4.39 Å². The van der Waals surface area contributed by atoms with E-state index in [1.165, 1.54) is 45.6 Å². The van der Waals surface area contributed by atoms with Crippen molar-refractivity contribution in [2.75, 3.05) is 26.6 Å². The summed E-state index contributed by atoms with van der Waals surface area (Å²) in [6.45, 7) is 0. The molecule has 0 aromatic heterocycles. The van der Waals surface area contributed by atoms with E-state index >= 15 is 0 Å². The van der Waals surface area contributed by atoms with Crippen molar-refractivity contribution in [1.29, 1.82) is 0 Å². The van der Waals surface area contributed by atoms with Gasteiger partial charge >= 0.3 is 0 Å². The molecule has 7 heteroatoms. The predicted molar refractivity (Wildman–Crippen MR) is 85.5 cm³/mol. The topological polar surface area (TPSA) is 56.8 Å². The van der Waals surface area contributed by atoms with Gasteiger partial charge < -0.3 is 19.5 Å². The second-order valence-corrected chi connectivity index (χ2v) is 4.90. The molecular weight excluding hydrogens is 325 g/mol. The molecule has 0 aliphatic carbocycles. The van der Waals surface area contributed by atoms with Gasteiger partial charge in [-0.15, -0.1) is 0 Å². The SMILES string of the molecule is COc1cc(C(=O)Nc2ccc(F)cc2Cl)cc(OC)c1OC. The number of ether oxygens (including phenoxy) is 3. The van der Waals surface area contributed by atoms with Gasteiger partial charge in [-0.3, -0.25) is 4.79 Å². The van der Waals surface area contributed by atoms with Gasteiger partial charge in [-0.1, -0.05) is 11.6 Å². The molecule has 122 valence electrons. The van der Waals surface area contributed by atoms with Crippen LogP contribution in [0.25, 0.3) is 0 Å². The van der Waals surface area contributed by atoms with Gasteiger partial charge in [-0.2, -0.15) is 0 Å². The lowest BCUT2D eigenvalue weighted by Gasteiger charge is -2.14. The summed E-state index contributed by atoms with van der Waals surface area (Å²) in [5, 5.41) is 2.71. The molecule has 0 unspecified atom stereocenters. The van der Waals surface area contributed by atoms with E-state index in [2.05, 4.69) is 5.32 Å². The molecule has 0 aliphatic heterocycles. The van der Waals surface area contributed by atoms with Crippen molar-refractivity contribution in [3.8, 4) is 17.2 Å². The van der Waals surface area contributed by atoms with Crippen LogP contribution in [0.2, 0.25) is 5.02 Å². The van der Waals surface area contributed by atoms with Crippen molar-refractivity contribution < 1.29 is 23.4 Å². The fraction of sp³-hybridized carbons (Fsp3) is 0.188. The highest BCUT2D eigenvalue weighted by molar-refractivity contribution is 6.33. The van der Waals surface area contributed by atoms with Crippen LogP contribution in [0.3, 0.4) is 0 Å². The normalized spacial score (nSPS) is 10.1. The minimum Gasteiger partial charge on any atom is -0.493 e. The van der Waals surface area contributed by atoms with Crippen LogP contribution in [0.5, 0.6) is 17.2 Å². The molecule has 0 bridgehead atoms. The Balaban J connectivity index is 2.35. The number of anilines is 1. The Morgan fingerprint density at radius 3 is 2.13 bits per heavy atom. The average Bonchev–Trinajstić information content (AvgIpc) is 2.55. The molecule has 2 aromatic carbocycles. The predicted octanol–water partition coefficient (Wildman–Crippen LogP) is 3.76. The molecule has 1 amide bonds. The molecule has 0 spiro atoms. The van der Waals surface area contributed by atoms with Crippen molar-refractivity contribution in [1.82, 2.24) is 0 Å². The first-order valence-corrected chi connectivity index (χ1v) is 6.94. The molecule has 0 radical (unpaired) electrons. The number of amides is 1. The number of hydrogen-bond acceptors (Lipinski definition) is 4. The number of hydrogen-bond donors (Lipinski definition) is 1. The van der Waals surface area contributed by atoms with Crippen molar-refractivity contribution in [2.45, 2.75) is 0 Å². The van der Waals surface area contributed by atoms with Gasteiger partial charge in [0.1, 0.15) is 5.82 Å². The fourth-order valence-corrected chi connectivity index (χ4v) is 2.21. The van der Waals surface area contributed by atoms with Crippen molar-refractivity contribution in [3.05, 3.63) is 46.7 Å². The Morgan fingerprint density at radius 2 is 1.65 bits per heavy atom. The van der Waals surface area contributed by atoms with Gasteiger partial charge in [0.05, 0.1) is 32.0 Å². The van der Waals surface area contributed by atoms with Crippen LogP contribution in [-0.4, -0.2) is 27.2 Å². The maximum absolute atomic E-state index is 13.0. The van der Waals surface area contributed by atoms with Crippen LogP contribution in [0.1, 0.15) is 10.4 Å². The monoisotopic (exact) mass is 339 g/mol. The van der Waals surface area contributed by atoms with E-state index in [0.717, 1.165) is 6.07 Å². The summed E-state index contributed by atoms with van der Waals surface area (Å²) in [7, 11) is 4.38. The zero-order chi connectivity index (χ0) is 17.0. The van der Waals surface area contributed by atoms with Crippen LogP contribution in [0.15, 0.2) is 30.3 Å². The lowest BCUT2D eigenvalue weighted by molar-refractivity contribution is 0.102. The maximum Gasteiger partial charge on any atom is 0.255 e. The molecule has 2 rings (SSSR count). The van der Waals surface area contributed by atoms with Gasteiger partial charge in [0.2, 0.25) is 5.75 Å². The third kappa shape index (κ3) is 3.65. The van der Waals surface area contributed by atoms with Crippen molar-refractivity contribution in [3.63, 3.8) is 0 Å². The number of benzene rings is 2. The van der Waals surface area contributed by atoms with Crippen LogP contribution >= 0.6 is 11.6 Å². The van der Waals surface area contributed by atoms with Crippen molar-refractivity contribution >= 4 is 23.2 Å². The van der Waals surface area contributed by atoms with E-state index in [4.69, 9.17) is 25.8 Å². The second-order valence-electron chi connectivity index (χ2n) is 4.49. The lowest BCUT2D eigenvalue weighted by Crippen LogP contribution is -2.13. The summed E-state index contributed by atoms with van der Waals surface area (Å²) in [5.41, 5.74) is 0.576. The fourth-order valence-electron chi connectivity index (χ4n) is 2.00. The minimum atomic E-state index is -0.485. The third-order valence-electron chi connectivity index (χ3n) is 3.11.